The van der Waals surface area contributed by atoms with Gasteiger partial charge in [-0.05, 0) is 35.4 Å². The van der Waals surface area contributed by atoms with Gasteiger partial charge in [-0.1, -0.05) is 24.3 Å². The number of rotatable bonds is 4. The van der Waals surface area contributed by atoms with Crippen LogP contribution in [0.2, 0.25) is 0 Å². The minimum absolute atomic E-state index is 0.203. The maximum absolute atomic E-state index is 6.01. The number of hydrogen-bond donors (Lipinski definition) is 2. The highest BCUT2D eigenvalue weighted by Crippen LogP contribution is 2.29. The predicted molar refractivity (Wildman–Crippen MR) is 114 cm³/mol. The highest BCUT2D eigenvalue weighted by Gasteiger charge is 2.20. The van der Waals surface area contributed by atoms with E-state index in [4.69, 9.17) is 16.2 Å². The third-order valence-corrected chi connectivity index (χ3v) is 5.05. The molecule has 28 heavy (non-hydrogen) atoms. The number of anilines is 4. The van der Waals surface area contributed by atoms with Crippen LogP contribution in [0.25, 0.3) is 11.1 Å². The number of benzene rings is 2. The van der Waals surface area contributed by atoms with Crippen molar-refractivity contribution in [3.05, 3.63) is 54.7 Å². The summed E-state index contributed by atoms with van der Waals surface area (Å²) < 4.78 is 5.35. The maximum Gasteiger partial charge on any atom is 0.222 e. The second-order valence-corrected chi connectivity index (χ2v) is 6.76. The van der Waals surface area contributed by atoms with Crippen molar-refractivity contribution >= 4 is 23.1 Å². The van der Waals surface area contributed by atoms with Crippen LogP contribution in [0, 0.1) is 0 Å². The van der Waals surface area contributed by atoms with E-state index in [1.54, 1.807) is 13.3 Å². The Labute approximate surface area is 164 Å². The first-order valence-electron chi connectivity index (χ1n) is 9.26. The summed E-state index contributed by atoms with van der Waals surface area (Å²) in [6.07, 6.45) is 1.71. The molecule has 0 unspecified atom stereocenters. The van der Waals surface area contributed by atoms with Gasteiger partial charge < -0.3 is 26.0 Å². The van der Waals surface area contributed by atoms with E-state index >= 15 is 0 Å². The zero-order valence-electron chi connectivity index (χ0n) is 15.9. The third-order valence-electron chi connectivity index (χ3n) is 5.05. The van der Waals surface area contributed by atoms with Gasteiger partial charge in [0.15, 0.2) is 5.82 Å². The van der Waals surface area contributed by atoms with Gasteiger partial charge in [-0.25, -0.2) is 4.98 Å². The van der Waals surface area contributed by atoms with Gasteiger partial charge in [0.1, 0.15) is 5.75 Å². The Morgan fingerprint density at radius 1 is 0.893 bits per heavy atom. The van der Waals surface area contributed by atoms with Crippen molar-refractivity contribution in [2.75, 3.05) is 54.6 Å². The summed E-state index contributed by atoms with van der Waals surface area (Å²) in [5, 5.41) is 0. The molecule has 2 heterocycles. The van der Waals surface area contributed by atoms with Crippen LogP contribution >= 0.6 is 0 Å². The average Bonchev–Trinajstić information content (AvgIpc) is 2.74. The minimum Gasteiger partial charge on any atom is -0.497 e. The Bertz CT molecular complexity index is 969. The van der Waals surface area contributed by atoms with Gasteiger partial charge in [0, 0.05) is 31.9 Å². The number of nitrogens with two attached hydrogens (primary N) is 2. The van der Waals surface area contributed by atoms with E-state index in [1.807, 2.05) is 12.1 Å². The number of ether oxygens (including phenoxy) is 1. The zero-order chi connectivity index (χ0) is 19.5. The normalized spacial score (nSPS) is 14.2. The van der Waals surface area contributed by atoms with Crippen LogP contribution in [0.3, 0.4) is 0 Å². The molecule has 0 bridgehead atoms. The molecular weight excluding hydrogens is 352 g/mol. The molecule has 1 aromatic heterocycles. The van der Waals surface area contributed by atoms with Crippen LogP contribution in [0.15, 0.2) is 54.7 Å². The van der Waals surface area contributed by atoms with Gasteiger partial charge in [-0.15, -0.1) is 0 Å². The van der Waals surface area contributed by atoms with E-state index in [0.29, 0.717) is 5.82 Å². The van der Waals surface area contributed by atoms with Crippen molar-refractivity contribution in [3.63, 3.8) is 0 Å². The lowest BCUT2D eigenvalue weighted by Crippen LogP contribution is -2.46. The first-order valence-corrected chi connectivity index (χ1v) is 9.26. The molecule has 0 atom stereocenters. The molecule has 0 aliphatic carbocycles. The summed E-state index contributed by atoms with van der Waals surface area (Å²) >= 11 is 0. The lowest BCUT2D eigenvalue weighted by atomic mass is 10.0. The summed E-state index contributed by atoms with van der Waals surface area (Å²) in [5.74, 6) is 1.50. The van der Waals surface area contributed by atoms with Crippen LogP contribution in [-0.2, 0) is 0 Å². The average molecular weight is 376 g/mol. The molecule has 4 N–H and O–H groups in total. The second-order valence-electron chi connectivity index (χ2n) is 6.76. The van der Waals surface area contributed by atoms with E-state index in [9.17, 15) is 0 Å². The Kier molecular flexibility index (Phi) is 4.89. The van der Waals surface area contributed by atoms with E-state index < -0.39 is 0 Å². The highest BCUT2D eigenvalue weighted by atomic mass is 16.5. The van der Waals surface area contributed by atoms with Crippen molar-refractivity contribution < 1.29 is 4.74 Å². The molecule has 144 valence electrons. The molecule has 0 amide bonds. The van der Waals surface area contributed by atoms with E-state index in [2.05, 4.69) is 56.2 Å². The van der Waals surface area contributed by atoms with Gasteiger partial charge in [-0.2, -0.15) is 4.98 Å². The van der Waals surface area contributed by atoms with Crippen LogP contribution in [0.1, 0.15) is 0 Å². The molecule has 1 saturated heterocycles. The standard InChI is InChI=1S/C21H24N6O/c1-28-18-7-3-5-16(13-18)15-4-2-6-17(12-15)26-8-10-27(11-9-26)19-14-24-21(23)25-20(19)22/h2-7,12-14H,8-11H2,1H3,(H4,22,23,24,25). The molecular formula is C21H24N6O. The molecule has 0 radical (unpaired) electrons. The number of methoxy groups -OCH3 is 1. The van der Waals surface area contributed by atoms with Crippen molar-refractivity contribution in [1.29, 1.82) is 0 Å². The molecule has 7 nitrogen and oxygen atoms in total. The lowest BCUT2D eigenvalue weighted by molar-refractivity contribution is 0.415. The Morgan fingerprint density at radius 3 is 2.29 bits per heavy atom. The lowest BCUT2D eigenvalue weighted by Gasteiger charge is -2.37. The molecule has 1 aliphatic rings. The molecule has 2 aromatic carbocycles. The fourth-order valence-corrected chi connectivity index (χ4v) is 3.54. The predicted octanol–water partition coefficient (Wildman–Crippen LogP) is 2.64. The monoisotopic (exact) mass is 376 g/mol. The van der Waals surface area contributed by atoms with Gasteiger partial charge in [0.05, 0.1) is 19.0 Å². The van der Waals surface area contributed by atoms with Crippen molar-refractivity contribution in [1.82, 2.24) is 9.97 Å². The quantitative estimate of drug-likeness (QED) is 0.723. The fraction of sp³-hybridized carbons (Fsp3) is 0.238. The molecule has 1 aliphatic heterocycles. The van der Waals surface area contributed by atoms with Crippen molar-refractivity contribution in [2.24, 2.45) is 0 Å². The van der Waals surface area contributed by atoms with Crippen LogP contribution in [0.4, 0.5) is 23.1 Å². The molecule has 4 rings (SSSR count). The largest absolute Gasteiger partial charge is 0.497 e. The molecule has 0 saturated carbocycles. The maximum atomic E-state index is 6.01. The summed E-state index contributed by atoms with van der Waals surface area (Å²) in [7, 11) is 1.69. The van der Waals surface area contributed by atoms with Gasteiger partial charge >= 0.3 is 0 Å². The van der Waals surface area contributed by atoms with Gasteiger partial charge in [0.2, 0.25) is 5.95 Å². The topological polar surface area (TPSA) is 93.5 Å². The highest BCUT2D eigenvalue weighted by molar-refractivity contribution is 5.70. The van der Waals surface area contributed by atoms with Crippen molar-refractivity contribution in [2.45, 2.75) is 0 Å². The summed E-state index contributed by atoms with van der Waals surface area (Å²) in [6, 6.07) is 16.7. The zero-order valence-corrected chi connectivity index (χ0v) is 15.9. The Hall–Kier alpha value is -3.48. The van der Waals surface area contributed by atoms with E-state index in [-0.39, 0.29) is 5.95 Å². The minimum atomic E-state index is 0.203. The first kappa shape index (κ1) is 17.9. The summed E-state index contributed by atoms with van der Waals surface area (Å²) in [5.41, 5.74) is 16.0. The molecule has 0 spiro atoms. The molecule has 7 heteroatoms. The number of hydrogen-bond acceptors (Lipinski definition) is 7. The van der Waals surface area contributed by atoms with Gasteiger partial charge in [-0.3, -0.25) is 0 Å². The van der Waals surface area contributed by atoms with Gasteiger partial charge in [0.25, 0.3) is 0 Å². The smallest absolute Gasteiger partial charge is 0.222 e. The fourth-order valence-electron chi connectivity index (χ4n) is 3.54. The van der Waals surface area contributed by atoms with Crippen LogP contribution in [-0.4, -0.2) is 43.3 Å². The van der Waals surface area contributed by atoms with Crippen LogP contribution < -0.4 is 26.0 Å². The SMILES string of the molecule is COc1cccc(-c2cccc(N3CCN(c4cnc(N)nc4N)CC3)c2)c1. The molecule has 1 fully saturated rings. The number of nitrogen functional groups attached to an aromatic ring is 2. The van der Waals surface area contributed by atoms with E-state index in [0.717, 1.165) is 43.2 Å². The first-order chi connectivity index (χ1) is 13.6. The number of piperazine rings is 1. The Morgan fingerprint density at radius 2 is 1.57 bits per heavy atom. The summed E-state index contributed by atoms with van der Waals surface area (Å²) in [4.78, 5) is 12.7. The molecule has 3 aromatic rings. The van der Waals surface area contributed by atoms with Crippen LogP contribution in [0.5, 0.6) is 5.75 Å². The Balaban J connectivity index is 1.49. The second kappa shape index (κ2) is 7.64. The summed E-state index contributed by atoms with van der Waals surface area (Å²) in [6.45, 7) is 3.48. The third kappa shape index (κ3) is 3.64. The van der Waals surface area contributed by atoms with Crippen molar-refractivity contribution in [3.8, 4) is 16.9 Å². The van der Waals surface area contributed by atoms with E-state index in [1.165, 1.54) is 11.3 Å². The number of aromatic nitrogens is 2. The number of nitrogens with zero attached hydrogens (tertiary/aromatic N) is 4.